The molecule has 1 saturated heterocycles. The molecule has 11 heavy (non-hydrogen) atoms. The van der Waals surface area contributed by atoms with E-state index >= 15 is 0 Å². The maximum Gasteiger partial charge on any atom is 0.234 e. The smallest absolute Gasteiger partial charge is 0.234 e. The summed E-state index contributed by atoms with van der Waals surface area (Å²) in [5.74, 6) is 0.108. The Hall–Kier alpha value is -0.610. The van der Waals surface area contributed by atoms with E-state index < -0.39 is 0 Å². The molecule has 0 aromatic rings. The number of amides is 1. The number of hydrogen-bond donors (Lipinski definition) is 2. The second-order valence-corrected chi connectivity index (χ2v) is 2.91. The Kier molecular flexibility index (Phi) is 2.84. The largest absolute Gasteiger partial charge is 0.354 e. The first-order valence-corrected chi connectivity index (χ1v) is 3.95. The molecule has 3 N–H and O–H groups in total. The van der Waals surface area contributed by atoms with Crippen molar-refractivity contribution in [2.45, 2.75) is 13.0 Å². The predicted molar refractivity (Wildman–Crippen MR) is 43.1 cm³/mol. The molecule has 1 heterocycles. The molecule has 0 spiro atoms. The average molecular weight is 157 g/mol. The molecular formula is C7H15N3O. The fourth-order valence-electron chi connectivity index (χ4n) is 1.18. The molecule has 0 aromatic carbocycles. The van der Waals surface area contributed by atoms with Gasteiger partial charge in [-0.05, 0) is 6.92 Å². The van der Waals surface area contributed by atoms with E-state index in [0.717, 1.165) is 13.1 Å². The zero-order chi connectivity index (χ0) is 8.27. The SMILES string of the molecule is CC(CN)N1CCNC(=O)C1. The van der Waals surface area contributed by atoms with Gasteiger partial charge in [-0.2, -0.15) is 0 Å². The lowest BCUT2D eigenvalue weighted by Gasteiger charge is -2.31. The van der Waals surface area contributed by atoms with E-state index in [4.69, 9.17) is 5.73 Å². The van der Waals surface area contributed by atoms with E-state index in [1.54, 1.807) is 0 Å². The summed E-state index contributed by atoms with van der Waals surface area (Å²) < 4.78 is 0. The standard InChI is InChI=1S/C7H15N3O/c1-6(4-8)10-3-2-9-7(11)5-10/h6H,2-5,8H2,1H3,(H,9,11). The summed E-state index contributed by atoms with van der Waals surface area (Å²) in [6.45, 7) is 4.83. The summed E-state index contributed by atoms with van der Waals surface area (Å²) in [5.41, 5.74) is 5.47. The van der Waals surface area contributed by atoms with Gasteiger partial charge in [-0.15, -0.1) is 0 Å². The molecule has 0 radical (unpaired) electrons. The average Bonchev–Trinajstić information content (AvgIpc) is 2.03. The van der Waals surface area contributed by atoms with Crippen LogP contribution in [-0.2, 0) is 4.79 Å². The van der Waals surface area contributed by atoms with Gasteiger partial charge in [-0.1, -0.05) is 0 Å². The highest BCUT2D eigenvalue weighted by Gasteiger charge is 2.19. The zero-order valence-corrected chi connectivity index (χ0v) is 6.84. The van der Waals surface area contributed by atoms with E-state index in [9.17, 15) is 4.79 Å². The third kappa shape index (κ3) is 2.17. The second-order valence-electron chi connectivity index (χ2n) is 2.91. The van der Waals surface area contributed by atoms with Crippen molar-refractivity contribution in [2.24, 2.45) is 5.73 Å². The lowest BCUT2D eigenvalue weighted by molar-refractivity contribution is -0.124. The minimum absolute atomic E-state index is 0.108. The summed E-state index contributed by atoms with van der Waals surface area (Å²) in [6.07, 6.45) is 0. The topological polar surface area (TPSA) is 58.4 Å². The van der Waals surface area contributed by atoms with Crippen LogP contribution in [0.4, 0.5) is 0 Å². The first-order valence-electron chi connectivity index (χ1n) is 3.95. The van der Waals surface area contributed by atoms with Crippen LogP contribution in [0.3, 0.4) is 0 Å². The Morgan fingerprint density at radius 3 is 3.09 bits per heavy atom. The van der Waals surface area contributed by atoms with Crippen LogP contribution in [0.5, 0.6) is 0 Å². The van der Waals surface area contributed by atoms with Crippen molar-refractivity contribution in [3.8, 4) is 0 Å². The highest BCUT2D eigenvalue weighted by Crippen LogP contribution is 1.98. The van der Waals surface area contributed by atoms with Crippen LogP contribution >= 0.6 is 0 Å². The van der Waals surface area contributed by atoms with Crippen LogP contribution in [0.15, 0.2) is 0 Å². The van der Waals surface area contributed by atoms with Gasteiger partial charge in [0.2, 0.25) is 5.91 Å². The van der Waals surface area contributed by atoms with Gasteiger partial charge >= 0.3 is 0 Å². The first kappa shape index (κ1) is 8.49. The van der Waals surface area contributed by atoms with E-state index in [0.29, 0.717) is 19.1 Å². The molecule has 1 amide bonds. The van der Waals surface area contributed by atoms with Gasteiger partial charge in [-0.3, -0.25) is 9.69 Å². The summed E-state index contributed by atoms with van der Waals surface area (Å²) >= 11 is 0. The highest BCUT2D eigenvalue weighted by molar-refractivity contribution is 5.78. The Morgan fingerprint density at radius 1 is 1.82 bits per heavy atom. The number of nitrogens with zero attached hydrogens (tertiary/aromatic N) is 1. The van der Waals surface area contributed by atoms with E-state index in [-0.39, 0.29) is 5.91 Å². The summed E-state index contributed by atoms with van der Waals surface area (Å²) in [6, 6.07) is 0.320. The van der Waals surface area contributed by atoms with Gasteiger partial charge in [0.05, 0.1) is 6.54 Å². The minimum Gasteiger partial charge on any atom is -0.354 e. The molecule has 0 aromatic heterocycles. The van der Waals surface area contributed by atoms with E-state index in [1.165, 1.54) is 0 Å². The lowest BCUT2D eigenvalue weighted by atomic mass is 10.2. The molecule has 0 aliphatic carbocycles. The maximum absolute atomic E-state index is 10.9. The van der Waals surface area contributed by atoms with Gasteiger partial charge in [0.15, 0.2) is 0 Å². The molecule has 1 aliphatic heterocycles. The summed E-state index contributed by atoms with van der Waals surface area (Å²) in [7, 11) is 0. The minimum atomic E-state index is 0.108. The van der Waals surface area contributed by atoms with Crippen LogP contribution in [-0.4, -0.2) is 43.0 Å². The van der Waals surface area contributed by atoms with Gasteiger partial charge < -0.3 is 11.1 Å². The van der Waals surface area contributed by atoms with Crippen LogP contribution in [0.1, 0.15) is 6.92 Å². The van der Waals surface area contributed by atoms with Crippen molar-refractivity contribution in [1.29, 1.82) is 0 Å². The normalized spacial score (nSPS) is 22.9. The Morgan fingerprint density at radius 2 is 2.55 bits per heavy atom. The Bertz CT molecular complexity index is 149. The molecule has 1 fully saturated rings. The molecule has 4 nitrogen and oxygen atoms in total. The van der Waals surface area contributed by atoms with Crippen molar-refractivity contribution in [3.63, 3.8) is 0 Å². The Labute approximate surface area is 66.7 Å². The molecular weight excluding hydrogens is 142 g/mol. The quantitative estimate of drug-likeness (QED) is 0.527. The molecule has 1 rings (SSSR count). The van der Waals surface area contributed by atoms with Crippen LogP contribution < -0.4 is 11.1 Å². The van der Waals surface area contributed by atoms with Crippen LogP contribution in [0.2, 0.25) is 0 Å². The second kappa shape index (κ2) is 3.69. The Balaban J connectivity index is 2.39. The zero-order valence-electron chi connectivity index (χ0n) is 6.84. The third-order valence-electron chi connectivity index (χ3n) is 2.03. The number of nitrogens with one attached hydrogen (secondary N) is 1. The molecule has 0 saturated carbocycles. The van der Waals surface area contributed by atoms with E-state index in [1.807, 2.05) is 6.92 Å². The molecule has 0 bridgehead atoms. The number of hydrogen-bond acceptors (Lipinski definition) is 3. The number of rotatable bonds is 2. The van der Waals surface area contributed by atoms with Crippen molar-refractivity contribution < 1.29 is 4.79 Å². The van der Waals surface area contributed by atoms with Gasteiger partial charge in [0.25, 0.3) is 0 Å². The number of nitrogens with two attached hydrogens (primary N) is 1. The van der Waals surface area contributed by atoms with Gasteiger partial charge in [0, 0.05) is 25.7 Å². The summed E-state index contributed by atoms with van der Waals surface area (Å²) in [4.78, 5) is 13.0. The molecule has 1 aliphatic rings. The lowest BCUT2D eigenvalue weighted by Crippen LogP contribution is -2.52. The van der Waals surface area contributed by atoms with E-state index in [2.05, 4.69) is 10.2 Å². The fraction of sp³-hybridized carbons (Fsp3) is 0.857. The number of carbonyl (C=O) groups is 1. The monoisotopic (exact) mass is 157 g/mol. The van der Waals surface area contributed by atoms with Crippen LogP contribution in [0.25, 0.3) is 0 Å². The number of piperazine rings is 1. The van der Waals surface area contributed by atoms with Crippen molar-refractivity contribution in [3.05, 3.63) is 0 Å². The first-order chi connectivity index (χ1) is 5.24. The fourth-order valence-corrected chi connectivity index (χ4v) is 1.18. The molecule has 1 atom stereocenters. The maximum atomic E-state index is 10.9. The highest BCUT2D eigenvalue weighted by atomic mass is 16.2. The summed E-state index contributed by atoms with van der Waals surface area (Å²) in [5, 5.41) is 2.77. The third-order valence-corrected chi connectivity index (χ3v) is 2.03. The van der Waals surface area contributed by atoms with Gasteiger partial charge in [0.1, 0.15) is 0 Å². The molecule has 64 valence electrons. The van der Waals surface area contributed by atoms with Gasteiger partial charge in [-0.25, -0.2) is 0 Å². The molecule has 4 heteroatoms. The number of carbonyl (C=O) groups excluding carboxylic acids is 1. The molecule has 1 unspecified atom stereocenters. The van der Waals surface area contributed by atoms with Crippen molar-refractivity contribution in [1.82, 2.24) is 10.2 Å². The van der Waals surface area contributed by atoms with Crippen molar-refractivity contribution in [2.75, 3.05) is 26.2 Å². The predicted octanol–water partition coefficient (Wildman–Crippen LogP) is -1.23. The van der Waals surface area contributed by atoms with Crippen LogP contribution in [0, 0.1) is 0 Å². The van der Waals surface area contributed by atoms with Crippen molar-refractivity contribution >= 4 is 5.91 Å².